The maximum atomic E-state index is 2.44. The van der Waals surface area contributed by atoms with Crippen molar-refractivity contribution in [2.45, 2.75) is 29.1 Å². The van der Waals surface area contributed by atoms with Gasteiger partial charge in [-0.1, -0.05) is 104 Å². The SMILES string of the molecule is CC1(C)c2ccccc2-c2ccc(-c3cccc4c3-c3cccc5cccc(c35)S4)cc21. The van der Waals surface area contributed by atoms with Crippen molar-refractivity contribution in [1.29, 1.82) is 0 Å². The second kappa shape index (κ2) is 6.37. The fourth-order valence-electron chi connectivity index (χ4n) is 5.72. The highest BCUT2D eigenvalue weighted by atomic mass is 32.2. The molecule has 1 heterocycles. The molecule has 2 aliphatic rings. The number of benzene rings is 5. The van der Waals surface area contributed by atoms with Gasteiger partial charge >= 0.3 is 0 Å². The lowest BCUT2D eigenvalue weighted by Gasteiger charge is -2.24. The Balaban J connectivity index is 1.49. The Kier molecular flexibility index (Phi) is 3.64. The van der Waals surface area contributed by atoms with Gasteiger partial charge in [0, 0.05) is 26.2 Å². The minimum absolute atomic E-state index is 0.0120. The predicted molar refractivity (Wildman–Crippen MR) is 137 cm³/mol. The Morgan fingerprint density at radius 2 is 1.25 bits per heavy atom. The number of fused-ring (bicyclic) bond motifs is 5. The van der Waals surface area contributed by atoms with Crippen LogP contribution in [0.2, 0.25) is 0 Å². The molecule has 0 nitrogen and oxygen atoms in total. The minimum atomic E-state index is 0.0120. The van der Waals surface area contributed by atoms with E-state index in [4.69, 9.17) is 0 Å². The standard InChI is InChI=1S/C31H22S/c1-31(2)25-13-4-3-10-22(25)23-17-16-20(18-26(23)31)21-11-7-15-28-30(21)24-12-5-8-19-9-6-14-27(32-28)29(19)24/h3-18H,1-2H3. The lowest BCUT2D eigenvalue weighted by Crippen LogP contribution is -2.14. The molecule has 0 N–H and O–H groups in total. The van der Waals surface area contributed by atoms with Crippen molar-refractivity contribution in [3.05, 3.63) is 108 Å². The average molecular weight is 427 g/mol. The Morgan fingerprint density at radius 3 is 2.16 bits per heavy atom. The molecule has 0 amide bonds. The van der Waals surface area contributed by atoms with Crippen LogP contribution in [0.1, 0.15) is 25.0 Å². The molecule has 7 rings (SSSR count). The van der Waals surface area contributed by atoms with E-state index in [2.05, 4.69) is 111 Å². The second-order valence-electron chi connectivity index (χ2n) is 9.37. The summed E-state index contributed by atoms with van der Waals surface area (Å²) >= 11 is 1.90. The smallest absolute Gasteiger partial charge is 0.0207 e. The van der Waals surface area contributed by atoms with Gasteiger partial charge in [-0.3, -0.25) is 0 Å². The Bertz CT molecular complexity index is 1570. The van der Waals surface area contributed by atoms with E-state index in [0.29, 0.717) is 0 Å². The first-order chi connectivity index (χ1) is 15.6. The first kappa shape index (κ1) is 18.3. The summed E-state index contributed by atoms with van der Waals surface area (Å²) < 4.78 is 0. The van der Waals surface area contributed by atoms with E-state index in [9.17, 15) is 0 Å². The summed E-state index contributed by atoms with van der Waals surface area (Å²) in [6, 6.07) is 36.1. The van der Waals surface area contributed by atoms with Crippen LogP contribution in [0, 0.1) is 0 Å². The minimum Gasteiger partial charge on any atom is -0.0888 e. The third kappa shape index (κ3) is 2.35. The van der Waals surface area contributed by atoms with Gasteiger partial charge in [-0.2, -0.15) is 0 Å². The van der Waals surface area contributed by atoms with E-state index in [1.165, 1.54) is 65.1 Å². The van der Waals surface area contributed by atoms with Crippen LogP contribution in [-0.2, 0) is 5.41 Å². The van der Waals surface area contributed by atoms with E-state index < -0.39 is 0 Å². The summed E-state index contributed by atoms with van der Waals surface area (Å²) in [6.45, 7) is 4.71. The van der Waals surface area contributed by atoms with Crippen LogP contribution < -0.4 is 0 Å². The molecule has 0 fully saturated rings. The van der Waals surface area contributed by atoms with Crippen LogP contribution in [0.25, 0.3) is 44.2 Å². The molecule has 1 aliphatic carbocycles. The van der Waals surface area contributed by atoms with E-state index >= 15 is 0 Å². The molecule has 32 heavy (non-hydrogen) atoms. The fourth-order valence-corrected chi connectivity index (χ4v) is 6.91. The third-order valence-corrected chi connectivity index (χ3v) is 8.40. The molecule has 1 aliphatic heterocycles. The number of rotatable bonds is 1. The van der Waals surface area contributed by atoms with Crippen LogP contribution in [-0.4, -0.2) is 0 Å². The van der Waals surface area contributed by atoms with Crippen molar-refractivity contribution in [2.24, 2.45) is 0 Å². The summed E-state index contributed by atoms with van der Waals surface area (Å²) in [5.74, 6) is 0. The molecule has 0 bridgehead atoms. The third-order valence-electron chi connectivity index (χ3n) is 7.28. The summed E-state index contributed by atoms with van der Waals surface area (Å²) in [6.07, 6.45) is 0. The molecule has 0 radical (unpaired) electrons. The molecular formula is C31H22S. The normalized spacial score (nSPS) is 14.7. The zero-order chi connectivity index (χ0) is 21.4. The fraction of sp³-hybridized carbons (Fsp3) is 0.0968. The number of hydrogen-bond acceptors (Lipinski definition) is 1. The van der Waals surface area contributed by atoms with Gasteiger partial charge in [-0.05, 0) is 62.5 Å². The summed E-state index contributed by atoms with van der Waals surface area (Å²) in [4.78, 5) is 2.70. The zero-order valence-electron chi connectivity index (χ0n) is 18.1. The van der Waals surface area contributed by atoms with Gasteiger partial charge < -0.3 is 0 Å². The van der Waals surface area contributed by atoms with Gasteiger partial charge in [0.2, 0.25) is 0 Å². The molecule has 0 spiro atoms. The van der Waals surface area contributed by atoms with E-state index in [1.807, 2.05) is 11.8 Å². The first-order valence-electron chi connectivity index (χ1n) is 11.2. The lowest BCUT2D eigenvalue weighted by molar-refractivity contribution is 0.660. The maximum Gasteiger partial charge on any atom is 0.0207 e. The highest BCUT2D eigenvalue weighted by molar-refractivity contribution is 7.99. The first-order valence-corrected chi connectivity index (χ1v) is 12.0. The van der Waals surface area contributed by atoms with Crippen molar-refractivity contribution >= 4 is 22.5 Å². The molecule has 5 aromatic rings. The van der Waals surface area contributed by atoms with Crippen molar-refractivity contribution in [2.75, 3.05) is 0 Å². The second-order valence-corrected chi connectivity index (χ2v) is 10.5. The summed E-state index contributed by atoms with van der Waals surface area (Å²) in [5.41, 5.74) is 11.0. The van der Waals surface area contributed by atoms with Crippen molar-refractivity contribution < 1.29 is 0 Å². The topological polar surface area (TPSA) is 0 Å². The lowest BCUT2D eigenvalue weighted by atomic mass is 9.81. The van der Waals surface area contributed by atoms with Gasteiger partial charge in [-0.15, -0.1) is 0 Å². The van der Waals surface area contributed by atoms with Gasteiger partial charge in [-0.25, -0.2) is 0 Å². The van der Waals surface area contributed by atoms with E-state index in [0.717, 1.165) is 0 Å². The summed E-state index contributed by atoms with van der Waals surface area (Å²) in [5, 5.41) is 2.70. The van der Waals surface area contributed by atoms with Gasteiger partial charge in [0.25, 0.3) is 0 Å². The van der Waals surface area contributed by atoms with Gasteiger partial charge in [0.1, 0.15) is 0 Å². The Labute approximate surface area is 192 Å². The van der Waals surface area contributed by atoms with Crippen molar-refractivity contribution in [3.8, 4) is 33.4 Å². The van der Waals surface area contributed by atoms with E-state index in [-0.39, 0.29) is 5.41 Å². The van der Waals surface area contributed by atoms with Crippen LogP contribution in [0.3, 0.4) is 0 Å². The maximum absolute atomic E-state index is 2.44. The quantitative estimate of drug-likeness (QED) is 0.253. The Morgan fingerprint density at radius 1 is 0.562 bits per heavy atom. The van der Waals surface area contributed by atoms with Gasteiger partial charge in [0.15, 0.2) is 0 Å². The Hall–Kier alpha value is -3.29. The summed E-state index contributed by atoms with van der Waals surface area (Å²) in [7, 11) is 0. The highest BCUT2D eigenvalue weighted by Crippen LogP contribution is 2.53. The van der Waals surface area contributed by atoms with Crippen LogP contribution >= 0.6 is 11.8 Å². The van der Waals surface area contributed by atoms with Crippen LogP contribution in [0.4, 0.5) is 0 Å². The van der Waals surface area contributed by atoms with Crippen LogP contribution in [0.5, 0.6) is 0 Å². The molecular weight excluding hydrogens is 404 g/mol. The molecule has 0 unspecified atom stereocenters. The molecule has 0 aromatic heterocycles. The molecule has 0 saturated carbocycles. The zero-order valence-corrected chi connectivity index (χ0v) is 19.0. The van der Waals surface area contributed by atoms with Crippen molar-refractivity contribution in [1.82, 2.24) is 0 Å². The molecule has 1 heteroatoms. The van der Waals surface area contributed by atoms with E-state index in [1.54, 1.807) is 0 Å². The molecule has 0 saturated heterocycles. The van der Waals surface area contributed by atoms with Gasteiger partial charge in [0.05, 0.1) is 0 Å². The largest absolute Gasteiger partial charge is 0.0888 e. The monoisotopic (exact) mass is 426 g/mol. The van der Waals surface area contributed by atoms with Crippen LogP contribution in [0.15, 0.2) is 107 Å². The average Bonchev–Trinajstić information content (AvgIpc) is 3.06. The molecule has 0 atom stereocenters. The molecule has 152 valence electrons. The van der Waals surface area contributed by atoms with Crippen molar-refractivity contribution in [3.63, 3.8) is 0 Å². The predicted octanol–water partition coefficient (Wildman–Crippen LogP) is 8.94. The number of hydrogen-bond donors (Lipinski definition) is 0. The highest BCUT2D eigenvalue weighted by Gasteiger charge is 2.35. The molecule has 5 aromatic carbocycles.